The summed E-state index contributed by atoms with van der Waals surface area (Å²) in [7, 11) is 3.88. The normalized spacial score (nSPS) is 17.8. The standard InChI is InChI=1S/C22H26N6O/c1-28-9-6-15(7-10-28)27-21-16-11-14(3-4-18(16)25-13-26-21)17-12-24-22-20(17)19(29-2)5-8-23-22/h5,8,11-13,15H,3-4,6-7,9-10H2,1-2H3,(H,23,24)(H,25,26,27). The van der Waals surface area contributed by atoms with Crippen molar-refractivity contribution in [2.24, 2.45) is 0 Å². The van der Waals surface area contributed by atoms with Crippen molar-refractivity contribution < 1.29 is 4.74 Å². The van der Waals surface area contributed by atoms with Crippen LogP contribution in [0.5, 0.6) is 5.75 Å². The van der Waals surface area contributed by atoms with Gasteiger partial charge in [0.25, 0.3) is 0 Å². The molecule has 2 aliphatic rings. The number of nitrogens with zero attached hydrogens (tertiary/aromatic N) is 4. The molecule has 3 aromatic heterocycles. The van der Waals surface area contributed by atoms with E-state index < -0.39 is 0 Å². The minimum atomic E-state index is 0.460. The molecule has 0 saturated carbocycles. The van der Waals surface area contributed by atoms with Crippen molar-refractivity contribution in [1.29, 1.82) is 0 Å². The van der Waals surface area contributed by atoms with E-state index in [2.05, 4.69) is 43.3 Å². The molecule has 7 nitrogen and oxygen atoms in total. The van der Waals surface area contributed by atoms with E-state index in [9.17, 15) is 0 Å². The number of aromatic amines is 1. The van der Waals surface area contributed by atoms with E-state index in [4.69, 9.17) is 4.74 Å². The average molecular weight is 390 g/mol. The van der Waals surface area contributed by atoms with Crippen LogP contribution in [0.4, 0.5) is 5.82 Å². The largest absolute Gasteiger partial charge is 0.496 e. The van der Waals surface area contributed by atoms with Crippen molar-refractivity contribution in [2.45, 2.75) is 31.7 Å². The highest BCUT2D eigenvalue weighted by atomic mass is 16.5. The molecule has 1 aliphatic carbocycles. The Balaban J connectivity index is 1.52. The van der Waals surface area contributed by atoms with Crippen LogP contribution in [0.3, 0.4) is 0 Å². The number of pyridine rings is 1. The molecule has 7 heteroatoms. The van der Waals surface area contributed by atoms with Gasteiger partial charge >= 0.3 is 0 Å². The number of methoxy groups -OCH3 is 1. The van der Waals surface area contributed by atoms with E-state index in [1.165, 1.54) is 5.57 Å². The van der Waals surface area contributed by atoms with Gasteiger partial charge < -0.3 is 19.9 Å². The van der Waals surface area contributed by atoms with Gasteiger partial charge in [0.05, 0.1) is 18.2 Å². The molecule has 0 amide bonds. The summed E-state index contributed by atoms with van der Waals surface area (Å²) in [6.07, 6.45) is 11.8. The topological polar surface area (TPSA) is 79.0 Å². The Morgan fingerprint density at radius 3 is 2.86 bits per heavy atom. The molecule has 2 N–H and O–H groups in total. The molecule has 3 aromatic rings. The molecular formula is C22H26N6O. The lowest BCUT2D eigenvalue weighted by Crippen LogP contribution is -2.37. The average Bonchev–Trinajstić information content (AvgIpc) is 3.20. The number of likely N-dealkylation sites (tertiary alicyclic amines) is 1. The summed E-state index contributed by atoms with van der Waals surface area (Å²) in [5.74, 6) is 1.79. The quantitative estimate of drug-likeness (QED) is 0.711. The van der Waals surface area contributed by atoms with Crippen LogP contribution in [-0.4, -0.2) is 58.1 Å². The van der Waals surface area contributed by atoms with Crippen molar-refractivity contribution in [3.05, 3.63) is 41.6 Å². The summed E-state index contributed by atoms with van der Waals surface area (Å²) in [6, 6.07) is 2.37. The van der Waals surface area contributed by atoms with Gasteiger partial charge in [-0.3, -0.25) is 0 Å². The van der Waals surface area contributed by atoms with Crippen LogP contribution < -0.4 is 10.1 Å². The highest BCUT2D eigenvalue weighted by Gasteiger charge is 2.23. The molecule has 0 atom stereocenters. The van der Waals surface area contributed by atoms with E-state index in [0.717, 1.165) is 78.2 Å². The fourth-order valence-corrected chi connectivity index (χ4v) is 4.41. The number of ether oxygens (including phenoxy) is 1. The van der Waals surface area contributed by atoms with Crippen molar-refractivity contribution in [2.75, 3.05) is 32.6 Å². The van der Waals surface area contributed by atoms with Crippen LogP contribution >= 0.6 is 0 Å². The molecule has 4 heterocycles. The lowest BCUT2D eigenvalue weighted by molar-refractivity contribution is 0.263. The van der Waals surface area contributed by atoms with E-state index in [0.29, 0.717) is 6.04 Å². The molecule has 0 spiro atoms. The number of rotatable bonds is 4. The zero-order chi connectivity index (χ0) is 19.8. The number of fused-ring (bicyclic) bond motifs is 2. The van der Waals surface area contributed by atoms with Crippen LogP contribution in [0.1, 0.15) is 36.1 Å². The second kappa shape index (κ2) is 7.48. The molecule has 0 unspecified atom stereocenters. The van der Waals surface area contributed by atoms with Crippen LogP contribution in [0.2, 0.25) is 0 Å². The third-order valence-corrected chi connectivity index (χ3v) is 6.08. The lowest BCUT2D eigenvalue weighted by Gasteiger charge is -2.30. The Bertz CT molecular complexity index is 1060. The molecule has 0 aromatic carbocycles. The minimum absolute atomic E-state index is 0.460. The number of hydrogen-bond acceptors (Lipinski definition) is 6. The van der Waals surface area contributed by atoms with E-state index in [1.807, 2.05) is 12.3 Å². The van der Waals surface area contributed by atoms with Gasteiger partial charge in [-0.2, -0.15) is 0 Å². The Morgan fingerprint density at radius 2 is 2.03 bits per heavy atom. The first-order valence-electron chi connectivity index (χ1n) is 10.2. The molecule has 1 saturated heterocycles. The highest BCUT2D eigenvalue weighted by molar-refractivity contribution is 6.00. The lowest BCUT2D eigenvalue weighted by atomic mass is 9.91. The maximum absolute atomic E-state index is 5.59. The summed E-state index contributed by atoms with van der Waals surface area (Å²) in [4.78, 5) is 19.3. The number of hydrogen-bond donors (Lipinski definition) is 2. The molecule has 1 aliphatic heterocycles. The number of allylic oxidation sites excluding steroid dienone is 1. The molecular weight excluding hydrogens is 364 g/mol. The second-order valence-corrected chi connectivity index (χ2v) is 7.91. The maximum Gasteiger partial charge on any atom is 0.141 e. The number of aromatic nitrogens is 4. The molecule has 5 rings (SSSR count). The van der Waals surface area contributed by atoms with Gasteiger partial charge in [0.2, 0.25) is 0 Å². The summed E-state index contributed by atoms with van der Waals surface area (Å²) in [5.41, 5.74) is 5.48. The van der Waals surface area contributed by atoms with Crippen LogP contribution in [0.15, 0.2) is 24.8 Å². The smallest absolute Gasteiger partial charge is 0.141 e. The zero-order valence-electron chi connectivity index (χ0n) is 16.9. The van der Waals surface area contributed by atoms with Gasteiger partial charge in [-0.1, -0.05) is 0 Å². The molecule has 0 radical (unpaired) electrons. The summed E-state index contributed by atoms with van der Waals surface area (Å²) in [6.45, 7) is 2.24. The predicted octanol–water partition coefficient (Wildman–Crippen LogP) is 3.35. The third-order valence-electron chi connectivity index (χ3n) is 6.08. The van der Waals surface area contributed by atoms with Gasteiger partial charge in [0, 0.05) is 29.6 Å². The van der Waals surface area contributed by atoms with E-state index >= 15 is 0 Å². The molecule has 0 bridgehead atoms. The van der Waals surface area contributed by atoms with E-state index in [1.54, 1.807) is 19.6 Å². The number of nitrogens with one attached hydrogen (secondary N) is 2. The molecule has 150 valence electrons. The Morgan fingerprint density at radius 1 is 1.17 bits per heavy atom. The van der Waals surface area contributed by atoms with Crippen molar-refractivity contribution >= 4 is 28.5 Å². The number of H-pyrrole nitrogens is 1. The monoisotopic (exact) mass is 390 g/mol. The third kappa shape index (κ3) is 3.35. The summed E-state index contributed by atoms with van der Waals surface area (Å²) < 4.78 is 5.59. The summed E-state index contributed by atoms with van der Waals surface area (Å²) >= 11 is 0. The predicted molar refractivity (Wildman–Crippen MR) is 115 cm³/mol. The van der Waals surface area contributed by atoms with Gasteiger partial charge in [0.1, 0.15) is 23.5 Å². The minimum Gasteiger partial charge on any atom is -0.496 e. The maximum atomic E-state index is 5.59. The Labute approximate surface area is 170 Å². The van der Waals surface area contributed by atoms with E-state index in [-0.39, 0.29) is 0 Å². The van der Waals surface area contributed by atoms with Crippen molar-refractivity contribution in [3.63, 3.8) is 0 Å². The fraction of sp³-hybridized carbons (Fsp3) is 0.409. The van der Waals surface area contributed by atoms with Crippen LogP contribution in [-0.2, 0) is 6.42 Å². The number of piperidine rings is 1. The Hall–Kier alpha value is -2.93. The number of anilines is 1. The zero-order valence-corrected chi connectivity index (χ0v) is 16.9. The molecule has 29 heavy (non-hydrogen) atoms. The van der Waals surface area contributed by atoms with Crippen molar-refractivity contribution in [1.82, 2.24) is 24.8 Å². The first-order valence-corrected chi connectivity index (χ1v) is 10.2. The van der Waals surface area contributed by atoms with Gasteiger partial charge in [0.15, 0.2) is 0 Å². The van der Waals surface area contributed by atoms with Gasteiger partial charge in [-0.25, -0.2) is 15.0 Å². The van der Waals surface area contributed by atoms with Gasteiger partial charge in [-0.05, 0) is 63.5 Å². The first-order chi connectivity index (χ1) is 14.2. The molecule has 1 fully saturated rings. The van der Waals surface area contributed by atoms with Gasteiger partial charge in [-0.15, -0.1) is 0 Å². The van der Waals surface area contributed by atoms with Crippen LogP contribution in [0, 0.1) is 0 Å². The van der Waals surface area contributed by atoms with Crippen molar-refractivity contribution in [3.8, 4) is 5.75 Å². The first kappa shape index (κ1) is 18.1. The Kier molecular flexibility index (Phi) is 4.67. The number of aryl methyl sites for hydroxylation is 1. The highest BCUT2D eigenvalue weighted by Crippen LogP contribution is 2.38. The fourth-order valence-electron chi connectivity index (χ4n) is 4.41. The van der Waals surface area contributed by atoms with Crippen LogP contribution in [0.25, 0.3) is 22.7 Å². The summed E-state index contributed by atoms with van der Waals surface area (Å²) in [5, 5.41) is 4.72. The second-order valence-electron chi connectivity index (χ2n) is 7.91. The SMILES string of the molecule is COc1ccnc2[nH]cc(C3=Cc4c(ncnc4NC4CCN(C)CC4)CC3)c12.